The Morgan fingerprint density at radius 3 is 1.68 bits per heavy atom. The fourth-order valence-electron chi connectivity index (χ4n) is 1.65. The Balaban J connectivity index is 3.30. The van der Waals surface area contributed by atoms with E-state index in [9.17, 15) is 9.59 Å². The summed E-state index contributed by atoms with van der Waals surface area (Å²) in [6.45, 7) is 12.8. The average Bonchev–Trinajstić information content (AvgIpc) is 2.62. The maximum Gasteiger partial charge on any atom is 0.410 e. The molecule has 0 spiro atoms. The van der Waals surface area contributed by atoms with Gasteiger partial charge in [-0.3, -0.25) is 0 Å². The summed E-state index contributed by atoms with van der Waals surface area (Å²) < 4.78 is 31.4. The van der Waals surface area contributed by atoms with E-state index in [1.165, 1.54) is 4.90 Å². The normalized spacial score (nSPS) is 11.1. The third-order valence-electron chi connectivity index (χ3n) is 3.03. The van der Waals surface area contributed by atoms with E-state index in [1.807, 2.05) is 20.8 Å². The summed E-state index contributed by atoms with van der Waals surface area (Å²) in [7, 11) is 1.67. The highest BCUT2D eigenvalue weighted by Crippen LogP contribution is 2.08. The van der Waals surface area contributed by atoms with Gasteiger partial charge in [0.1, 0.15) is 12.2 Å². The molecule has 0 unspecified atom stereocenters. The molecular weight excluding hydrogens is 370 g/mol. The van der Waals surface area contributed by atoms with Crippen LogP contribution in [0.3, 0.4) is 0 Å². The van der Waals surface area contributed by atoms with E-state index >= 15 is 0 Å². The van der Waals surface area contributed by atoms with Crippen LogP contribution in [0, 0.1) is 0 Å². The number of amides is 1. The SMILES string of the molecule is C=CC(=O)OCCOCCOCCOCCOCCN(C)C(=O)OC(C)(C)C. The van der Waals surface area contributed by atoms with Crippen LogP contribution >= 0.6 is 0 Å². The fourth-order valence-corrected chi connectivity index (χ4v) is 1.65. The van der Waals surface area contributed by atoms with Crippen molar-refractivity contribution in [3.63, 3.8) is 0 Å². The molecule has 0 atom stereocenters. The van der Waals surface area contributed by atoms with Crippen molar-refractivity contribution in [2.45, 2.75) is 26.4 Å². The molecule has 164 valence electrons. The summed E-state index contributed by atoms with van der Waals surface area (Å²) in [4.78, 5) is 24.0. The minimum absolute atomic E-state index is 0.196. The van der Waals surface area contributed by atoms with E-state index in [-0.39, 0.29) is 12.7 Å². The first-order valence-corrected chi connectivity index (χ1v) is 9.30. The summed E-state index contributed by atoms with van der Waals surface area (Å²) in [5.41, 5.74) is -0.505. The second-order valence-electron chi connectivity index (χ2n) is 6.72. The van der Waals surface area contributed by atoms with Crippen LogP contribution < -0.4 is 0 Å². The van der Waals surface area contributed by atoms with Crippen molar-refractivity contribution in [1.29, 1.82) is 0 Å². The lowest BCUT2D eigenvalue weighted by Gasteiger charge is -2.24. The Morgan fingerprint density at radius 1 is 0.821 bits per heavy atom. The van der Waals surface area contributed by atoms with Crippen LogP contribution in [0.4, 0.5) is 4.79 Å². The third-order valence-corrected chi connectivity index (χ3v) is 3.03. The number of nitrogens with zero attached hydrogens (tertiary/aromatic N) is 1. The number of esters is 1. The van der Waals surface area contributed by atoms with Crippen LogP contribution in [0.5, 0.6) is 0 Å². The van der Waals surface area contributed by atoms with Gasteiger partial charge in [0.15, 0.2) is 0 Å². The molecule has 0 aromatic heterocycles. The second kappa shape index (κ2) is 16.3. The molecule has 0 radical (unpaired) electrons. The molecule has 0 saturated heterocycles. The first-order valence-electron chi connectivity index (χ1n) is 9.30. The first kappa shape index (κ1) is 26.3. The molecule has 0 N–H and O–H groups in total. The summed E-state index contributed by atoms with van der Waals surface area (Å²) in [6.07, 6.45) is 0.739. The van der Waals surface area contributed by atoms with Gasteiger partial charge in [-0.1, -0.05) is 6.58 Å². The van der Waals surface area contributed by atoms with E-state index in [4.69, 9.17) is 28.4 Å². The van der Waals surface area contributed by atoms with Crippen molar-refractivity contribution < 1.29 is 38.0 Å². The van der Waals surface area contributed by atoms with Crippen LogP contribution in [0.2, 0.25) is 0 Å². The standard InChI is InChI=1S/C19H35NO8/c1-6-17(21)27-16-15-26-14-13-25-12-11-24-10-9-23-8-7-20(5)18(22)28-19(2,3)4/h6H,1,7-16H2,2-5H3. The predicted octanol–water partition coefficient (Wildman–Crippen LogP) is 1.65. The molecule has 0 aliphatic rings. The Bertz CT molecular complexity index is 436. The molecule has 9 nitrogen and oxygen atoms in total. The quantitative estimate of drug-likeness (QED) is 0.217. The van der Waals surface area contributed by atoms with E-state index in [1.54, 1.807) is 7.05 Å². The molecule has 0 heterocycles. The zero-order valence-corrected chi connectivity index (χ0v) is 17.6. The number of carbonyl (C=O) groups excluding carboxylic acids is 2. The Kier molecular flexibility index (Phi) is 15.3. The lowest BCUT2D eigenvalue weighted by molar-refractivity contribution is -0.139. The number of likely N-dealkylation sites (N-methyl/N-ethyl adjacent to an activating group) is 1. The van der Waals surface area contributed by atoms with Crippen molar-refractivity contribution >= 4 is 12.1 Å². The summed E-state index contributed by atoms with van der Waals surface area (Å²) in [5.74, 6) is -0.462. The number of ether oxygens (including phenoxy) is 6. The van der Waals surface area contributed by atoms with Crippen LogP contribution in [0.25, 0.3) is 0 Å². The van der Waals surface area contributed by atoms with Gasteiger partial charge in [-0.2, -0.15) is 0 Å². The van der Waals surface area contributed by atoms with Crippen LogP contribution in [0.15, 0.2) is 12.7 Å². The maximum atomic E-state index is 11.7. The Hall–Kier alpha value is -1.68. The largest absolute Gasteiger partial charge is 0.460 e. The van der Waals surface area contributed by atoms with Gasteiger partial charge in [-0.15, -0.1) is 0 Å². The molecule has 1 amide bonds. The summed E-state index contributed by atoms with van der Waals surface area (Å²) >= 11 is 0. The van der Waals surface area contributed by atoms with Crippen molar-refractivity contribution in [2.75, 3.05) is 73.1 Å². The lowest BCUT2D eigenvalue weighted by atomic mass is 10.2. The van der Waals surface area contributed by atoms with Gasteiger partial charge >= 0.3 is 12.1 Å². The maximum absolute atomic E-state index is 11.7. The third kappa shape index (κ3) is 17.7. The molecule has 0 rings (SSSR count). The molecule has 0 bridgehead atoms. The predicted molar refractivity (Wildman–Crippen MR) is 103 cm³/mol. The van der Waals surface area contributed by atoms with Crippen molar-refractivity contribution in [3.05, 3.63) is 12.7 Å². The van der Waals surface area contributed by atoms with Gasteiger partial charge in [0.05, 0.1) is 52.9 Å². The zero-order valence-electron chi connectivity index (χ0n) is 17.6. The monoisotopic (exact) mass is 405 g/mol. The molecular formula is C19H35NO8. The zero-order chi connectivity index (χ0) is 21.3. The highest BCUT2D eigenvalue weighted by Gasteiger charge is 2.19. The first-order chi connectivity index (χ1) is 13.3. The highest BCUT2D eigenvalue weighted by atomic mass is 16.6. The Morgan fingerprint density at radius 2 is 1.25 bits per heavy atom. The van der Waals surface area contributed by atoms with Crippen LogP contribution in [-0.4, -0.2) is 95.6 Å². The minimum Gasteiger partial charge on any atom is -0.460 e. The van der Waals surface area contributed by atoms with Gasteiger partial charge in [0, 0.05) is 19.7 Å². The van der Waals surface area contributed by atoms with E-state index in [0.29, 0.717) is 59.4 Å². The second-order valence-corrected chi connectivity index (χ2v) is 6.72. The van der Waals surface area contributed by atoms with Crippen molar-refractivity contribution in [2.24, 2.45) is 0 Å². The van der Waals surface area contributed by atoms with Crippen LogP contribution in [0.1, 0.15) is 20.8 Å². The highest BCUT2D eigenvalue weighted by molar-refractivity contribution is 5.81. The molecule has 28 heavy (non-hydrogen) atoms. The fraction of sp³-hybridized carbons (Fsp3) is 0.789. The van der Waals surface area contributed by atoms with E-state index in [2.05, 4.69) is 6.58 Å². The Labute approximate surface area is 167 Å². The molecule has 0 saturated carbocycles. The minimum atomic E-state index is -0.505. The van der Waals surface area contributed by atoms with Crippen LogP contribution in [-0.2, 0) is 33.2 Å². The van der Waals surface area contributed by atoms with Crippen molar-refractivity contribution in [1.82, 2.24) is 4.90 Å². The molecule has 0 aliphatic heterocycles. The lowest BCUT2D eigenvalue weighted by Crippen LogP contribution is -2.36. The van der Waals surface area contributed by atoms with E-state index in [0.717, 1.165) is 6.08 Å². The smallest absolute Gasteiger partial charge is 0.410 e. The van der Waals surface area contributed by atoms with Gasteiger partial charge in [-0.25, -0.2) is 9.59 Å². The van der Waals surface area contributed by atoms with Crippen molar-refractivity contribution in [3.8, 4) is 0 Å². The van der Waals surface area contributed by atoms with Gasteiger partial charge in [0.2, 0.25) is 0 Å². The molecule has 0 aliphatic carbocycles. The number of rotatable bonds is 16. The molecule has 0 aromatic carbocycles. The number of hydrogen-bond donors (Lipinski definition) is 0. The number of hydrogen-bond acceptors (Lipinski definition) is 8. The topological polar surface area (TPSA) is 92.8 Å². The summed E-state index contributed by atoms with van der Waals surface area (Å²) in [5, 5.41) is 0. The van der Waals surface area contributed by atoms with Gasteiger partial charge in [0.25, 0.3) is 0 Å². The molecule has 9 heteroatoms. The summed E-state index contributed by atoms with van der Waals surface area (Å²) in [6, 6.07) is 0. The molecule has 0 fully saturated rings. The van der Waals surface area contributed by atoms with Gasteiger partial charge < -0.3 is 33.3 Å². The number of carbonyl (C=O) groups is 2. The average molecular weight is 405 g/mol. The van der Waals surface area contributed by atoms with Gasteiger partial charge in [-0.05, 0) is 20.8 Å². The van der Waals surface area contributed by atoms with E-state index < -0.39 is 11.6 Å². The molecule has 0 aromatic rings.